The maximum absolute atomic E-state index is 5.67. The molecule has 3 nitrogen and oxygen atoms in total. The van der Waals surface area contributed by atoms with Crippen molar-refractivity contribution in [2.24, 2.45) is 5.92 Å². The molecule has 2 unspecified atom stereocenters. The monoisotopic (exact) mass is 265 g/mol. The zero-order valence-electron chi connectivity index (χ0n) is 13.2. The van der Waals surface area contributed by atoms with E-state index in [1.807, 2.05) is 7.05 Å². The highest BCUT2D eigenvalue weighted by Gasteiger charge is 2.27. The quantitative estimate of drug-likeness (QED) is 0.856. The zero-order chi connectivity index (χ0) is 14.6. The summed E-state index contributed by atoms with van der Waals surface area (Å²) in [6.45, 7) is 8.55. The van der Waals surface area contributed by atoms with E-state index in [0.29, 0.717) is 5.92 Å². The Morgan fingerprint density at radius 3 is 2.16 bits per heavy atom. The second-order valence-corrected chi connectivity index (χ2v) is 5.34. The lowest BCUT2D eigenvalue weighted by atomic mass is 9.90. The van der Waals surface area contributed by atoms with E-state index in [1.165, 1.54) is 11.1 Å². The Balaban J connectivity index is 3.29. The summed E-state index contributed by atoms with van der Waals surface area (Å²) >= 11 is 0. The van der Waals surface area contributed by atoms with Crippen molar-refractivity contribution in [3.05, 3.63) is 28.8 Å². The Kier molecular flexibility index (Phi) is 5.83. The van der Waals surface area contributed by atoms with Crippen LogP contribution in [0.1, 0.15) is 36.6 Å². The van der Waals surface area contributed by atoms with E-state index in [0.717, 1.165) is 11.3 Å². The molecular weight excluding hydrogens is 238 g/mol. The zero-order valence-corrected chi connectivity index (χ0v) is 13.2. The van der Waals surface area contributed by atoms with Gasteiger partial charge in [-0.15, -0.1) is 0 Å². The molecule has 0 saturated heterocycles. The van der Waals surface area contributed by atoms with Gasteiger partial charge in [-0.1, -0.05) is 26.0 Å². The smallest absolute Gasteiger partial charge is 0.126 e. The van der Waals surface area contributed by atoms with Gasteiger partial charge in [-0.05, 0) is 37.9 Å². The largest absolute Gasteiger partial charge is 0.496 e. The number of hydrogen-bond donors (Lipinski definition) is 1. The maximum Gasteiger partial charge on any atom is 0.126 e. The lowest BCUT2D eigenvalue weighted by Gasteiger charge is -2.30. The van der Waals surface area contributed by atoms with Gasteiger partial charge in [0.05, 0.1) is 19.3 Å². The van der Waals surface area contributed by atoms with Crippen molar-refractivity contribution in [3.8, 4) is 5.75 Å². The maximum atomic E-state index is 5.67. The molecule has 0 aliphatic rings. The number of benzene rings is 1. The molecule has 108 valence electrons. The molecule has 0 fully saturated rings. The standard InChI is InChI=1S/C16H27NO2/c1-10(2)15(18-6)14(17-5)13-9-8-11(3)12(4)16(13)19-7/h8-10,14-15,17H,1-7H3. The molecule has 3 heteroatoms. The summed E-state index contributed by atoms with van der Waals surface area (Å²) in [6, 6.07) is 4.40. The highest BCUT2D eigenvalue weighted by Crippen LogP contribution is 2.34. The SMILES string of the molecule is CNC(c1ccc(C)c(C)c1OC)C(OC)C(C)C. The van der Waals surface area contributed by atoms with Gasteiger partial charge in [0.25, 0.3) is 0 Å². The molecule has 1 aromatic rings. The Hall–Kier alpha value is -1.06. The minimum atomic E-state index is 0.112. The van der Waals surface area contributed by atoms with Crippen molar-refractivity contribution in [2.45, 2.75) is 39.8 Å². The topological polar surface area (TPSA) is 30.5 Å². The minimum absolute atomic E-state index is 0.112. The van der Waals surface area contributed by atoms with E-state index in [4.69, 9.17) is 9.47 Å². The van der Waals surface area contributed by atoms with Gasteiger partial charge < -0.3 is 14.8 Å². The van der Waals surface area contributed by atoms with Crippen LogP contribution in [0.25, 0.3) is 0 Å². The molecule has 1 N–H and O–H groups in total. The first kappa shape index (κ1) is 16.0. The van der Waals surface area contributed by atoms with Gasteiger partial charge >= 0.3 is 0 Å². The fraction of sp³-hybridized carbons (Fsp3) is 0.625. The van der Waals surface area contributed by atoms with Crippen LogP contribution in [0, 0.1) is 19.8 Å². The summed E-state index contributed by atoms with van der Waals surface area (Å²) in [5, 5.41) is 3.37. The van der Waals surface area contributed by atoms with Gasteiger partial charge in [-0.25, -0.2) is 0 Å². The number of likely N-dealkylation sites (N-methyl/N-ethyl adjacent to an activating group) is 1. The van der Waals surface area contributed by atoms with Crippen molar-refractivity contribution >= 4 is 0 Å². The molecule has 19 heavy (non-hydrogen) atoms. The lowest BCUT2D eigenvalue weighted by Crippen LogP contribution is -2.35. The van der Waals surface area contributed by atoms with Gasteiger partial charge in [0.15, 0.2) is 0 Å². The first-order valence-electron chi connectivity index (χ1n) is 6.82. The molecule has 0 spiro atoms. The minimum Gasteiger partial charge on any atom is -0.496 e. The van der Waals surface area contributed by atoms with Crippen molar-refractivity contribution in [1.82, 2.24) is 5.32 Å². The molecule has 0 amide bonds. The van der Waals surface area contributed by atoms with E-state index in [-0.39, 0.29) is 12.1 Å². The first-order valence-corrected chi connectivity index (χ1v) is 6.82. The number of aryl methyl sites for hydroxylation is 1. The molecule has 0 bridgehead atoms. The Bertz CT molecular complexity index is 415. The van der Waals surface area contributed by atoms with Crippen LogP contribution in [0.5, 0.6) is 5.75 Å². The molecule has 0 aliphatic heterocycles. The molecule has 1 rings (SSSR count). The van der Waals surface area contributed by atoms with E-state index >= 15 is 0 Å². The van der Waals surface area contributed by atoms with Crippen molar-refractivity contribution in [3.63, 3.8) is 0 Å². The lowest BCUT2D eigenvalue weighted by molar-refractivity contribution is 0.0341. The van der Waals surface area contributed by atoms with Crippen molar-refractivity contribution in [1.29, 1.82) is 0 Å². The number of ether oxygens (including phenoxy) is 2. The molecule has 2 atom stereocenters. The number of hydrogen-bond acceptors (Lipinski definition) is 3. The third-order valence-corrected chi connectivity index (χ3v) is 3.82. The third-order valence-electron chi connectivity index (χ3n) is 3.82. The van der Waals surface area contributed by atoms with E-state index in [9.17, 15) is 0 Å². The van der Waals surface area contributed by atoms with E-state index in [2.05, 4.69) is 45.1 Å². The summed E-state index contributed by atoms with van der Waals surface area (Å²) in [5.41, 5.74) is 3.60. The molecule has 1 aromatic carbocycles. The van der Waals surface area contributed by atoms with Gasteiger partial charge in [-0.2, -0.15) is 0 Å². The van der Waals surface area contributed by atoms with Gasteiger partial charge in [0.1, 0.15) is 5.75 Å². The number of rotatable bonds is 6. The summed E-state index contributed by atoms with van der Waals surface area (Å²) in [6.07, 6.45) is 0.112. The molecular formula is C16H27NO2. The van der Waals surface area contributed by atoms with Crippen molar-refractivity contribution in [2.75, 3.05) is 21.3 Å². The van der Waals surface area contributed by atoms with Gasteiger partial charge in [0, 0.05) is 12.7 Å². The van der Waals surface area contributed by atoms with Crippen LogP contribution in [0.15, 0.2) is 12.1 Å². The summed E-state index contributed by atoms with van der Waals surface area (Å²) in [4.78, 5) is 0. The first-order chi connectivity index (χ1) is 8.97. The number of methoxy groups -OCH3 is 2. The fourth-order valence-electron chi connectivity index (χ4n) is 2.62. The van der Waals surface area contributed by atoms with E-state index < -0.39 is 0 Å². The fourth-order valence-corrected chi connectivity index (χ4v) is 2.62. The van der Waals surface area contributed by atoms with Crippen LogP contribution in [0.2, 0.25) is 0 Å². The molecule has 0 radical (unpaired) electrons. The van der Waals surface area contributed by atoms with Gasteiger partial charge in [-0.3, -0.25) is 0 Å². The summed E-state index contributed by atoms with van der Waals surface area (Å²) in [7, 11) is 5.46. The molecule has 0 aromatic heterocycles. The van der Waals surface area contributed by atoms with Crippen LogP contribution < -0.4 is 10.1 Å². The van der Waals surface area contributed by atoms with Crippen LogP contribution in [-0.2, 0) is 4.74 Å². The average molecular weight is 265 g/mol. The molecule has 0 heterocycles. The van der Waals surface area contributed by atoms with E-state index in [1.54, 1.807) is 14.2 Å². The highest BCUT2D eigenvalue weighted by molar-refractivity contribution is 5.47. The van der Waals surface area contributed by atoms with Crippen LogP contribution in [0.3, 0.4) is 0 Å². The number of nitrogens with one attached hydrogen (secondary N) is 1. The van der Waals surface area contributed by atoms with Crippen LogP contribution in [0.4, 0.5) is 0 Å². The highest BCUT2D eigenvalue weighted by atomic mass is 16.5. The summed E-state index contributed by atoms with van der Waals surface area (Å²) in [5.74, 6) is 1.39. The average Bonchev–Trinajstić information content (AvgIpc) is 2.38. The Morgan fingerprint density at radius 2 is 1.74 bits per heavy atom. The molecule has 0 saturated carbocycles. The third kappa shape index (κ3) is 3.28. The van der Waals surface area contributed by atoms with Crippen molar-refractivity contribution < 1.29 is 9.47 Å². The predicted molar refractivity (Wildman–Crippen MR) is 79.9 cm³/mol. The Labute approximate surface area is 117 Å². The predicted octanol–water partition coefficient (Wildman–Crippen LogP) is 3.24. The van der Waals surface area contributed by atoms with Gasteiger partial charge in [0.2, 0.25) is 0 Å². The summed E-state index contributed by atoms with van der Waals surface area (Å²) < 4.78 is 11.3. The second-order valence-electron chi connectivity index (χ2n) is 5.34. The van der Waals surface area contributed by atoms with Crippen LogP contribution in [-0.4, -0.2) is 27.4 Å². The normalized spacial score (nSPS) is 14.5. The molecule has 0 aliphatic carbocycles. The second kappa shape index (κ2) is 6.92. The van der Waals surface area contributed by atoms with Crippen LogP contribution >= 0.6 is 0 Å². The Morgan fingerprint density at radius 1 is 1.11 bits per heavy atom.